The van der Waals surface area contributed by atoms with Crippen molar-refractivity contribution in [1.29, 1.82) is 0 Å². The summed E-state index contributed by atoms with van der Waals surface area (Å²) in [6.07, 6.45) is 4.25. The minimum atomic E-state index is -0.424. The van der Waals surface area contributed by atoms with Crippen LogP contribution in [0, 0.1) is 5.82 Å². The quantitative estimate of drug-likeness (QED) is 0.904. The van der Waals surface area contributed by atoms with Crippen molar-refractivity contribution in [3.63, 3.8) is 0 Å². The van der Waals surface area contributed by atoms with E-state index in [2.05, 4.69) is 20.3 Å². The molecule has 2 heterocycles. The van der Waals surface area contributed by atoms with Gasteiger partial charge in [0.1, 0.15) is 18.5 Å². The van der Waals surface area contributed by atoms with Crippen molar-refractivity contribution in [3.05, 3.63) is 41.7 Å². The molecule has 1 aromatic heterocycles. The largest absolute Gasteiger partial charge is 0.369 e. The Morgan fingerprint density at radius 2 is 2.35 bits per heavy atom. The highest BCUT2D eigenvalue weighted by atomic mass is 35.5. The molecule has 1 fully saturated rings. The number of hydrogen-bond donors (Lipinski definition) is 1. The number of aromatic nitrogens is 3. The summed E-state index contributed by atoms with van der Waals surface area (Å²) < 4.78 is 14.8. The van der Waals surface area contributed by atoms with Gasteiger partial charge in [0.2, 0.25) is 5.91 Å². The van der Waals surface area contributed by atoms with E-state index >= 15 is 0 Å². The number of amides is 1. The summed E-state index contributed by atoms with van der Waals surface area (Å²) in [7, 11) is 0. The number of anilines is 1. The maximum absolute atomic E-state index is 13.2. The lowest BCUT2D eigenvalue weighted by atomic mass is 10.2. The van der Waals surface area contributed by atoms with Crippen LogP contribution in [0.1, 0.15) is 12.8 Å². The van der Waals surface area contributed by atoms with E-state index in [4.69, 9.17) is 11.6 Å². The highest BCUT2D eigenvalue weighted by Gasteiger charge is 2.24. The van der Waals surface area contributed by atoms with Gasteiger partial charge in [-0.25, -0.2) is 9.37 Å². The van der Waals surface area contributed by atoms with Crippen molar-refractivity contribution < 1.29 is 9.18 Å². The number of rotatable bonds is 5. The van der Waals surface area contributed by atoms with Crippen LogP contribution < -0.4 is 10.2 Å². The Bertz CT molecular complexity index is 679. The van der Waals surface area contributed by atoms with E-state index in [1.54, 1.807) is 23.1 Å². The van der Waals surface area contributed by atoms with Crippen molar-refractivity contribution in [2.24, 2.45) is 0 Å². The predicted molar refractivity (Wildman–Crippen MR) is 84.8 cm³/mol. The van der Waals surface area contributed by atoms with Crippen LogP contribution in [0.2, 0.25) is 5.02 Å². The van der Waals surface area contributed by atoms with Crippen LogP contribution in [0.25, 0.3) is 0 Å². The SMILES string of the molecule is O=C(CCn1cncn1)N[C@H]1CCN(c2ccc(F)c(Cl)c2)C1. The van der Waals surface area contributed by atoms with Crippen LogP contribution in [0.5, 0.6) is 0 Å². The van der Waals surface area contributed by atoms with Crippen LogP contribution in [-0.4, -0.2) is 39.8 Å². The Labute approximate surface area is 138 Å². The summed E-state index contributed by atoms with van der Waals surface area (Å²) in [5, 5.41) is 7.09. The van der Waals surface area contributed by atoms with Gasteiger partial charge in [0.25, 0.3) is 0 Å². The molecule has 0 unspecified atom stereocenters. The van der Waals surface area contributed by atoms with E-state index in [1.165, 1.54) is 12.4 Å². The number of benzene rings is 1. The fraction of sp³-hybridized carbons (Fsp3) is 0.400. The fourth-order valence-corrected chi connectivity index (χ4v) is 2.83. The van der Waals surface area contributed by atoms with Gasteiger partial charge < -0.3 is 10.2 Å². The van der Waals surface area contributed by atoms with Crippen molar-refractivity contribution in [2.45, 2.75) is 25.4 Å². The van der Waals surface area contributed by atoms with Gasteiger partial charge in [-0.1, -0.05) is 11.6 Å². The topological polar surface area (TPSA) is 63.1 Å². The molecule has 6 nitrogen and oxygen atoms in total. The Hall–Kier alpha value is -2.15. The molecule has 1 aliphatic heterocycles. The maximum atomic E-state index is 13.2. The average molecular weight is 338 g/mol. The van der Waals surface area contributed by atoms with E-state index in [0.717, 1.165) is 18.7 Å². The molecule has 0 bridgehead atoms. The summed E-state index contributed by atoms with van der Waals surface area (Å²) in [6.45, 7) is 2.00. The van der Waals surface area contributed by atoms with Crippen molar-refractivity contribution >= 4 is 23.2 Å². The second kappa shape index (κ2) is 6.95. The number of aryl methyl sites for hydroxylation is 1. The normalized spacial score (nSPS) is 17.5. The molecule has 2 aromatic rings. The van der Waals surface area contributed by atoms with Gasteiger partial charge >= 0.3 is 0 Å². The molecule has 1 atom stereocenters. The maximum Gasteiger partial charge on any atom is 0.222 e. The minimum Gasteiger partial charge on any atom is -0.369 e. The first-order valence-electron chi connectivity index (χ1n) is 7.43. The smallest absolute Gasteiger partial charge is 0.222 e. The molecule has 0 saturated carbocycles. The van der Waals surface area contributed by atoms with E-state index in [0.29, 0.717) is 19.5 Å². The minimum absolute atomic E-state index is 0.00973. The fourth-order valence-electron chi connectivity index (χ4n) is 2.66. The first-order valence-corrected chi connectivity index (χ1v) is 7.81. The lowest BCUT2D eigenvalue weighted by Gasteiger charge is -2.19. The van der Waals surface area contributed by atoms with E-state index < -0.39 is 5.82 Å². The Morgan fingerprint density at radius 3 is 3.09 bits per heavy atom. The van der Waals surface area contributed by atoms with E-state index in [1.807, 2.05) is 0 Å². The van der Waals surface area contributed by atoms with Gasteiger partial charge in [0, 0.05) is 31.2 Å². The molecule has 0 spiro atoms. The molecule has 1 aliphatic rings. The van der Waals surface area contributed by atoms with Crippen molar-refractivity contribution in [1.82, 2.24) is 20.1 Å². The van der Waals surface area contributed by atoms with Gasteiger partial charge in [-0.15, -0.1) is 0 Å². The second-order valence-corrected chi connectivity index (χ2v) is 5.91. The number of hydrogen-bond acceptors (Lipinski definition) is 4. The van der Waals surface area contributed by atoms with Gasteiger partial charge in [-0.3, -0.25) is 9.48 Å². The summed E-state index contributed by atoms with van der Waals surface area (Å²) in [6, 6.07) is 4.77. The second-order valence-electron chi connectivity index (χ2n) is 5.51. The number of carbonyl (C=O) groups is 1. The lowest BCUT2D eigenvalue weighted by Crippen LogP contribution is -2.37. The number of halogens is 2. The average Bonchev–Trinajstić information content (AvgIpc) is 3.19. The molecule has 122 valence electrons. The van der Waals surface area contributed by atoms with E-state index in [9.17, 15) is 9.18 Å². The van der Waals surface area contributed by atoms with Crippen LogP contribution in [0.4, 0.5) is 10.1 Å². The highest BCUT2D eigenvalue weighted by molar-refractivity contribution is 6.31. The van der Waals surface area contributed by atoms with Crippen molar-refractivity contribution in [2.75, 3.05) is 18.0 Å². The molecule has 1 aromatic carbocycles. The summed E-state index contributed by atoms with van der Waals surface area (Å²) in [5.74, 6) is -0.433. The van der Waals surface area contributed by atoms with Gasteiger partial charge in [0.05, 0.1) is 11.6 Å². The number of carbonyl (C=O) groups excluding carboxylic acids is 1. The van der Waals surface area contributed by atoms with Crippen LogP contribution in [0.3, 0.4) is 0 Å². The Kier molecular flexibility index (Phi) is 4.76. The molecule has 23 heavy (non-hydrogen) atoms. The summed E-state index contributed by atoms with van der Waals surface area (Å²) >= 11 is 5.82. The zero-order valence-corrected chi connectivity index (χ0v) is 13.2. The van der Waals surface area contributed by atoms with Gasteiger partial charge in [-0.2, -0.15) is 5.10 Å². The van der Waals surface area contributed by atoms with Gasteiger partial charge in [-0.05, 0) is 24.6 Å². The van der Waals surface area contributed by atoms with Crippen LogP contribution >= 0.6 is 11.6 Å². The molecular formula is C15H17ClFN5O. The zero-order chi connectivity index (χ0) is 16.2. The molecule has 1 amide bonds. The molecule has 1 saturated heterocycles. The Morgan fingerprint density at radius 1 is 1.48 bits per heavy atom. The van der Waals surface area contributed by atoms with Crippen molar-refractivity contribution in [3.8, 4) is 0 Å². The lowest BCUT2D eigenvalue weighted by molar-refractivity contribution is -0.121. The third-order valence-corrected chi connectivity index (χ3v) is 4.15. The van der Waals surface area contributed by atoms with Crippen LogP contribution in [-0.2, 0) is 11.3 Å². The molecule has 0 radical (unpaired) electrons. The first kappa shape index (κ1) is 15.7. The summed E-state index contributed by atoms with van der Waals surface area (Å²) in [5.41, 5.74) is 0.871. The third kappa shape index (κ3) is 3.98. The molecule has 8 heteroatoms. The van der Waals surface area contributed by atoms with E-state index in [-0.39, 0.29) is 17.0 Å². The van der Waals surface area contributed by atoms with Crippen LogP contribution in [0.15, 0.2) is 30.9 Å². The number of nitrogens with one attached hydrogen (secondary N) is 1. The first-order chi connectivity index (χ1) is 11.1. The third-order valence-electron chi connectivity index (χ3n) is 3.86. The molecule has 0 aliphatic carbocycles. The summed E-state index contributed by atoms with van der Waals surface area (Å²) in [4.78, 5) is 17.9. The standard InChI is InChI=1S/C15H17ClFN5O/c16-13-7-12(1-2-14(13)17)21-5-3-11(8-21)20-15(23)4-6-22-10-18-9-19-22/h1-2,7,9-11H,3-6,8H2,(H,20,23)/t11-/m0/s1. The number of nitrogens with zero attached hydrogens (tertiary/aromatic N) is 4. The highest BCUT2D eigenvalue weighted by Crippen LogP contribution is 2.25. The monoisotopic (exact) mass is 337 g/mol. The molecule has 3 rings (SSSR count). The zero-order valence-electron chi connectivity index (χ0n) is 12.5. The molecular weight excluding hydrogens is 321 g/mol. The predicted octanol–water partition coefficient (Wildman–Crippen LogP) is 1.86. The molecule has 1 N–H and O–H groups in total. The Balaban J connectivity index is 1.49. The van der Waals surface area contributed by atoms with Gasteiger partial charge in [0.15, 0.2) is 0 Å².